The molecule has 0 aliphatic carbocycles. The third-order valence-electron chi connectivity index (χ3n) is 7.13. The summed E-state index contributed by atoms with van der Waals surface area (Å²) in [5, 5.41) is 0. The molecule has 160 valence electrons. The number of hydrogen-bond donors (Lipinski definition) is 1. The molecule has 0 spiro atoms. The summed E-state index contributed by atoms with van der Waals surface area (Å²) in [5.41, 5.74) is 8.61. The average Bonchev–Trinajstić information content (AvgIpc) is 3.17. The van der Waals surface area contributed by atoms with Crippen molar-refractivity contribution < 1.29 is 4.79 Å². The van der Waals surface area contributed by atoms with E-state index < -0.39 is 0 Å². The molecule has 2 unspecified atom stereocenters. The Morgan fingerprint density at radius 1 is 0.700 bits per heavy atom. The van der Waals surface area contributed by atoms with Gasteiger partial charge in [-0.15, -0.1) is 0 Å². The van der Waals surface area contributed by atoms with Crippen molar-refractivity contribution in [3.8, 4) is 0 Å². The maximum atomic E-state index is 12.6. The van der Waals surface area contributed by atoms with Crippen LogP contribution in [0.4, 0.5) is 11.4 Å². The van der Waals surface area contributed by atoms with E-state index in [1.807, 2.05) is 0 Å². The summed E-state index contributed by atoms with van der Waals surface area (Å²) < 4.78 is 0. The van der Waals surface area contributed by atoms with Crippen molar-refractivity contribution in [2.45, 2.75) is 38.5 Å². The van der Waals surface area contributed by atoms with E-state index in [2.05, 4.69) is 70.5 Å². The van der Waals surface area contributed by atoms with Gasteiger partial charge in [0.1, 0.15) is 0 Å². The molecule has 2 heterocycles. The number of rotatable bonds is 5. The topological polar surface area (TPSA) is 49.6 Å². The Balaban J connectivity index is 1.41. The average molecular weight is 406 g/mol. The Labute approximate surface area is 181 Å². The number of amides is 1. The molecule has 4 heteroatoms. The first kappa shape index (κ1) is 20.8. The maximum absolute atomic E-state index is 12.6. The van der Waals surface area contributed by atoms with Crippen LogP contribution in [0.2, 0.25) is 0 Å². The molecule has 2 N–H and O–H groups in total. The summed E-state index contributed by atoms with van der Waals surface area (Å²) >= 11 is 0. The zero-order valence-corrected chi connectivity index (χ0v) is 18.0. The van der Waals surface area contributed by atoms with E-state index in [0.29, 0.717) is 11.8 Å². The van der Waals surface area contributed by atoms with E-state index >= 15 is 0 Å². The van der Waals surface area contributed by atoms with E-state index in [1.54, 1.807) is 0 Å². The monoisotopic (exact) mass is 405 g/mol. The first-order chi connectivity index (χ1) is 14.7. The molecule has 1 amide bonds. The Kier molecular flexibility index (Phi) is 6.93. The van der Waals surface area contributed by atoms with E-state index in [4.69, 9.17) is 5.73 Å². The second-order valence-electron chi connectivity index (χ2n) is 8.96. The molecule has 4 nitrogen and oxygen atoms in total. The molecule has 0 bridgehead atoms. The van der Waals surface area contributed by atoms with Gasteiger partial charge in [-0.1, -0.05) is 36.4 Å². The van der Waals surface area contributed by atoms with Crippen LogP contribution < -0.4 is 15.5 Å². The lowest BCUT2D eigenvalue weighted by molar-refractivity contribution is -0.125. The van der Waals surface area contributed by atoms with Crippen LogP contribution in [0, 0.1) is 17.8 Å². The SMILES string of the molecule is NC(=O)C(C1CCCN(c2ccccc2)CC1)C1CCCN(c2ccccc2)CC1. The molecule has 0 radical (unpaired) electrons. The molecular weight excluding hydrogens is 370 g/mol. The number of nitrogens with zero attached hydrogens (tertiary/aromatic N) is 2. The van der Waals surface area contributed by atoms with Gasteiger partial charge in [0, 0.05) is 43.5 Å². The zero-order valence-electron chi connectivity index (χ0n) is 18.0. The molecule has 2 saturated heterocycles. The number of carbonyl (C=O) groups is 1. The zero-order chi connectivity index (χ0) is 20.8. The predicted octanol–water partition coefficient (Wildman–Crippen LogP) is 4.70. The first-order valence-corrected chi connectivity index (χ1v) is 11.6. The lowest BCUT2D eigenvalue weighted by atomic mass is 9.74. The molecule has 0 saturated carbocycles. The minimum Gasteiger partial charge on any atom is -0.372 e. The van der Waals surface area contributed by atoms with Crippen molar-refractivity contribution in [2.75, 3.05) is 36.0 Å². The number of para-hydroxylation sites is 2. The van der Waals surface area contributed by atoms with E-state index in [-0.39, 0.29) is 11.8 Å². The van der Waals surface area contributed by atoms with Gasteiger partial charge in [-0.3, -0.25) is 4.79 Å². The molecule has 2 aromatic carbocycles. The van der Waals surface area contributed by atoms with Gasteiger partial charge in [-0.2, -0.15) is 0 Å². The highest BCUT2D eigenvalue weighted by Crippen LogP contribution is 2.37. The van der Waals surface area contributed by atoms with Crippen LogP contribution in [0.1, 0.15) is 38.5 Å². The van der Waals surface area contributed by atoms with E-state index in [1.165, 1.54) is 11.4 Å². The Morgan fingerprint density at radius 3 is 1.53 bits per heavy atom. The fraction of sp³-hybridized carbons (Fsp3) is 0.500. The van der Waals surface area contributed by atoms with Gasteiger partial charge in [0.05, 0.1) is 0 Å². The summed E-state index contributed by atoms with van der Waals surface area (Å²) in [5.74, 6) is 0.747. The van der Waals surface area contributed by atoms with Crippen molar-refractivity contribution in [3.63, 3.8) is 0 Å². The quantitative estimate of drug-likeness (QED) is 0.784. The van der Waals surface area contributed by atoms with E-state index in [9.17, 15) is 4.79 Å². The molecule has 2 aliphatic heterocycles. The Bertz CT molecular complexity index is 733. The molecule has 2 aromatic rings. The van der Waals surface area contributed by atoms with Crippen molar-refractivity contribution >= 4 is 17.3 Å². The second-order valence-corrected chi connectivity index (χ2v) is 8.96. The van der Waals surface area contributed by atoms with Gasteiger partial charge < -0.3 is 15.5 Å². The molecule has 2 fully saturated rings. The Hall–Kier alpha value is -2.49. The van der Waals surface area contributed by atoms with Crippen LogP contribution in [0.25, 0.3) is 0 Å². The summed E-state index contributed by atoms with van der Waals surface area (Å²) in [7, 11) is 0. The fourth-order valence-corrected chi connectivity index (χ4v) is 5.61. The van der Waals surface area contributed by atoms with Crippen LogP contribution >= 0.6 is 0 Å². The van der Waals surface area contributed by atoms with Gasteiger partial charge in [-0.25, -0.2) is 0 Å². The van der Waals surface area contributed by atoms with Crippen molar-refractivity contribution in [1.82, 2.24) is 0 Å². The number of primary amides is 1. The fourth-order valence-electron chi connectivity index (χ4n) is 5.61. The predicted molar refractivity (Wildman–Crippen MR) is 125 cm³/mol. The standard InChI is InChI=1S/C26H35N3O/c27-26(30)25(21-9-7-17-28(19-15-21)23-11-3-1-4-12-23)22-10-8-18-29(20-16-22)24-13-5-2-6-14-24/h1-6,11-14,21-22,25H,7-10,15-20H2,(H2,27,30). The van der Waals surface area contributed by atoms with Crippen LogP contribution in [0.15, 0.2) is 60.7 Å². The number of carbonyl (C=O) groups excluding carboxylic acids is 1. The summed E-state index contributed by atoms with van der Waals surface area (Å²) in [6.07, 6.45) is 6.59. The largest absolute Gasteiger partial charge is 0.372 e. The minimum absolute atomic E-state index is 0.0106. The summed E-state index contributed by atoms with van der Waals surface area (Å²) in [4.78, 5) is 17.6. The Morgan fingerprint density at radius 2 is 1.13 bits per heavy atom. The molecule has 0 aromatic heterocycles. The van der Waals surface area contributed by atoms with Gasteiger partial charge in [0.15, 0.2) is 0 Å². The molecule has 4 rings (SSSR count). The van der Waals surface area contributed by atoms with Crippen LogP contribution in [0.3, 0.4) is 0 Å². The number of anilines is 2. The van der Waals surface area contributed by atoms with Crippen molar-refractivity contribution in [2.24, 2.45) is 23.5 Å². The number of nitrogens with two attached hydrogens (primary N) is 1. The summed E-state index contributed by atoms with van der Waals surface area (Å²) in [6, 6.07) is 21.3. The number of hydrogen-bond acceptors (Lipinski definition) is 3. The van der Waals surface area contributed by atoms with Crippen LogP contribution in [0.5, 0.6) is 0 Å². The third-order valence-corrected chi connectivity index (χ3v) is 7.13. The van der Waals surface area contributed by atoms with Gasteiger partial charge in [0.2, 0.25) is 5.91 Å². The highest BCUT2D eigenvalue weighted by molar-refractivity contribution is 5.77. The first-order valence-electron chi connectivity index (χ1n) is 11.6. The molecule has 2 aliphatic rings. The highest BCUT2D eigenvalue weighted by Gasteiger charge is 2.35. The third kappa shape index (κ3) is 4.97. The summed E-state index contributed by atoms with van der Waals surface area (Å²) in [6.45, 7) is 4.17. The van der Waals surface area contributed by atoms with Crippen molar-refractivity contribution in [3.05, 3.63) is 60.7 Å². The highest BCUT2D eigenvalue weighted by atomic mass is 16.1. The van der Waals surface area contributed by atoms with Gasteiger partial charge in [-0.05, 0) is 74.6 Å². The van der Waals surface area contributed by atoms with Crippen LogP contribution in [-0.2, 0) is 4.79 Å². The lowest BCUT2D eigenvalue weighted by Gasteiger charge is -2.31. The minimum atomic E-state index is -0.0775. The van der Waals surface area contributed by atoms with E-state index in [0.717, 1.165) is 64.7 Å². The maximum Gasteiger partial charge on any atom is 0.221 e. The molecular formula is C26H35N3O. The molecule has 2 atom stereocenters. The lowest BCUT2D eigenvalue weighted by Crippen LogP contribution is -2.37. The number of benzene rings is 2. The smallest absolute Gasteiger partial charge is 0.221 e. The second kappa shape index (κ2) is 10.0. The van der Waals surface area contributed by atoms with Gasteiger partial charge in [0.25, 0.3) is 0 Å². The van der Waals surface area contributed by atoms with Crippen molar-refractivity contribution in [1.29, 1.82) is 0 Å². The van der Waals surface area contributed by atoms with Crippen LogP contribution in [-0.4, -0.2) is 32.1 Å². The molecule has 30 heavy (non-hydrogen) atoms. The normalized spacial score (nSPS) is 24.0. The van der Waals surface area contributed by atoms with Gasteiger partial charge >= 0.3 is 0 Å².